The Morgan fingerprint density at radius 1 is 1.08 bits per heavy atom. The Kier molecular flexibility index (Phi) is 6.63. The van der Waals surface area contributed by atoms with Crippen LogP contribution in [-0.2, 0) is 0 Å². The molecule has 0 aliphatic heterocycles. The Balaban J connectivity index is 2.13. The number of ether oxygens (including phenoxy) is 2. The molecule has 2 amide bonds. The zero-order chi connectivity index (χ0) is 19.3. The first-order valence-electron chi connectivity index (χ1n) is 8.05. The average Bonchev–Trinajstić information content (AvgIpc) is 2.59. The van der Waals surface area contributed by atoms with E-state index < -0.39 is 5.91 Å². The first kappa shape index (κ1) is 19.8. The Morgan fingerprint density at radius 2 is 1.77 bits per heavy atom. The predicted molar refractivity (Wildman–Crippen MR) is 103 cm³/mol. The molecule has 0 bridgehead atoms. The smallest absolute Gasteiger partial charge is 0.269 e. The third-order valence-corrected chi connectivity index (χ3v) is 4.28. The normalized spacial score (nSPS) is 10.2. The molecule has 2 N–H and O–H groups in total. The van der Waals surface area contributed by atoms with E-state index in [4.69, 9.17) is 9.47 Å². The van der Waals surface area contributed by atoms with Crippen LogP contribution >= 0.6 is 15.9 Å². The van der Waals surface area contributed by atoms with E-state index in [0.717, 1.165) is 11.1 Å². The summed E-state index contributed by atoms with van der Waals surface area (Å²) in [4.78, 5) is 24.7. The lowest BCUT2D eigenvalue weighted by Crippen LogP contribution is -2.41. The van der Waals surface area contributed by atoms with Crippen LogP contribution in [0.15, 0.2) is 34.8 Å². The molecule has 26 heavy (non-hydrogen) atoms. The van der Waals surface area contributed by atoms with Gasteiger partial charge in [0.1, 0.15) is 0 Å². The lowest BCUT2D eigenvalue weighted by atomic mass is 10.1. The van der Waals surface area contributed by atoms with Gasteiger partial charge in [-0.05, 0) is 60.5 Å². The van der Waals surface area contributed by atoms with Crippen LogP contribution in [0.3, 0.4) is 0 Å². The van der Waals surface area contributed by atoms with Crippen LogP contribution in [0.25, 0.3) is 0 Å². The number of carbonyl (C=O) groups excluding carboxylic acids is 2. The highest BCUT2D eigenvalue weighted by Crippen LogP contribution is 2.36. The van der Waals surface area contributed by atoms with Crippen molar-refractivity contribution in [2.24, 2.45) is 0 Å². The Morgan fingerprint density at radius 3 is 2.38 bits per heavy atom. The molecule has 0 saturated heterocycles. The highest BCUT2D eigenvalue weighted by molar-refractivity contribution is 9.10. The quantitative estimate of drug-likeness (QED) is 0.725. The van der Waals surface area contributed by atoms with E-state index in [2.05, 4.69) is 26.8 Å². The first-order chi connectivity index (χ1) is 12.4. The van der Waals surface area contributed by atoms with Crippen molar-refractivity contribution in [2.75, 3.05) is 13.7 Å². The number of nitrogens with one attached hydrogen (secondary N) is 2. The maximum atomic E-state index is 12.4. The number of hydrazine groups is 1. The third kappa shape index (κ3) is 4.54. The maximum absolute atomic E-state index is 12.4. The van der Waals surface area contributed by atoms with Crippen molar-refractivity contribution in [2.45, 2.75) is 20.8 Å². The van der Waals surface area contributed by atoms with E-state index in [9.17, 15) is 9.59 Å². The molecule has 0 fully saturated rings. The number of aryl methyl sites for hydroxylation is 2. The van der Waals surface area contributed by atoms with Crippen molar-refractivity contribution in [3.05, 3.63) is 57.1 Å². The molecule has 0 aliphatic rings. The lowest BCUT2D eigenvalue weighted by molar-refractivity contribution is 0.0846. The fourth-order valence-electron chi connectivity index (χ4n) is 2.48. The predicted octanol–water partition coefficient (Wildman–Crippen LogP) is 3.55. The zero-order valence-electron chi connectivity index (χ0n) is 15.1. The minimum absolute atomic E-state index is 0.321. The van der Waals surface area contributed by atoms with Gasteiger partial charge in [0.05, 0.1) is 18.2 Å². The Labute approximate surface area is 161 Å². The van der Waals surface area contributed by atoms with Gasteiger partial charge in [0.2, 0.25) is 0 Å². The standard InChI is InChI=1S/C19H21BrN2O4/c1-5-26-16-10-13(9-15(20)17(16)25-4)18(23)21-22-19(24)14-7-6-11(2)8-12(14)3/h6-10H,5H2,1-4H3,(H,21,23)(H,22,24). The number of hydrogen-bond donors (Lipinski definition) is 2. The summed E-state index contributed by atoms with van der Waals surface area (Å²) in [6.07, 6.45) is 0. The van der Waals surface area contributed by atoms with E-state index >= 15 is 0 Å². The van der Waals surface area contributed by atoms with Gasteiger partial charge in [0.15, 0.2) is 11.5 Å². The minimum atomic E-state index is -0.465. The average molecular weight is 421 g/mol. The lowest BCUT2D eigenvalue weighted by Gasteiger charge is -2.14. The van der Waals surface area contributed by atoms with Gasteiger partial charge in [-0.1, -0.05) is 17.7 Å². The van der Waals surface area contributed by atoms with Gasteiger partial charge < -0.3 is 9.47 Å². The molecule has 2 rings (SSSR count). The fraction of sp³-hybridized carbons (Fsp3) is 0.263. The number of rotatable bonds is 5. The second-order valence-corrected chi connectivity index (χ2v) is 6.50. The van der Waals surface area contributed by atoms with Crippen LogP contribution in [0.4, 0.5) is 0 Å². The number of hydrogen-bond acceptors (Lipinski definition) is 4. The van der Waals surface area contributed by atoms with Crippen LogP contribution in [0, 0.1) is 13.8 Å². The van der Waals surface area contributed by atoms with E-state index in [1.807, 2.05) is 32.9 Å². The highest BCUT2D eigenvalue weighted by atomic mass is 79.9. The number of carbonyl (C=O) groups is 2. The van der Waals surface area contributed by atoms with Gasteiger partial charge in [-0.15, -0.1) is 0 Å². The minimum Gasteiger partial charge on any atom is -0.492 e. The summed E-state index contributed by atoms with van der Waals surface area (Å²) in [6.45, 7) is 6.06. The molecule has 0 atom stereocenters. The molecule has 0 saturated carbocycles. The summed E-state index contributed by atoms with van der Waals surface area (Å²) in [5, 5.41) is 0. The molecule has 0 aliphatic carbocycles. The molecule has 0 radical (unpaired) electrons. The number of methoxy groups -OCH3 is 1. The number of halogens is 1. The summed E-state index contributed by atoms with van der Waals surface area (Å²) in [7, 11) is 1.52. The molecule has 6 nitrogen and oxygen atoms in total. The maximum Gasteiger partial charge on any atom is 0.269 e. The van der Waals surface area contributed by atoms with Gasteiger partial charge in [0.25, 0.3) is 11.8 Å². The molecule has 0 aromatic heterocycles. The van der Waals surface area contributed by atoms with Crippen LogP contribution in [0.2, 0.25) is 0 Å². The SMILES string of the molecule is CCOc1cc(C(=O)NNC(=O)c2ccc(C)cc2C)cc(Br)c1OC. The summed E-state index contributed by atoms with van der Waals surface area (Å²) in [6, 6.07) is 8.64. The summed E-state index contributed by atoms with van der Waals surface area (Å²) < 4.78 is 11.3. The first-order valence-corrected chi connectivity index (χ1v) is 8.85. The largest absolute Gasteiger partial charge is 0.492 e. The Hall–Kier alpha value is -2.54. The molecule has 0 heterocycles. The van der Waals surface area contributed by atoms with Gasteiger partial charge in [-0.3, -0.25) is 20.4 Å². The van der Waals surface area contributed by atoms with Gasteiger partial charge in [0, 0.05) is 11.1 Å². The van der Waals surface area contributed by atoms with Crippen LogP contribution in [0.1, 0.15) is 38.8 Å². The van der Waals surface area contributed by atoms with Crippen LogP contribution in [0.5, 0.6) is 11.5 Å². The molecule has 0 spiro atoms. The van der Waals surface area contributed by atoms with Gasteiger partial charge >= 0.3 is 0 Å². The molecular weight excluding hydrogens is 400 g/mol. The second-order valence-electron chi connectivity index (χ2n) is 5.65. The van der Waals surface area contributed by atoms with Crippen molar-refractivity contribution in [1.29, 1.82) is 0 Å². The zero-order valence-corrected chi connectivity index (χ0v) is 16.7. The summed E-state index contributed by atoms with van der Waals surface area (Å²) >= 11 is 3.36. The third-order valence-electron chi connectivity index (χ3n) is 3.69. The molecule has 2 aromatic rings. The second kappa shape index (κ2) is 8.71. The molecule has 7 heteroatoms. The summed E-state index contributed by atoms with van der Waals surface area (Å²) in [5.74, 6) is 0.0961. The van der Waals surface area contributed by atoms with Crippen molar-refractivity contribution in [3.63, 3.8) is 0 Å². The Bertz CT molecular complexity index is 837. The monoisotopic (exact) mass is 420 g/mol. The van der Waals surface area contributed by atoms with E-state index in [0.29, 0.717) is 33.7 Å². The number of amides is 2. The van der Waals surface area contributed by atoms with Crippen molar-refractivity contribution in [1.82, 2.24) is 10.9 Å². The van der Waals surface area contributed by atoms with Crippen molar-refractivity contribution >= 4 is 27.7 Å². The van der Waals surface area contributed by atoms with Crippen molar-refractivity contribution in [3.8, 4) is 11.5 Å². The fourth-order valence-corrected chi connectivity index (χ4v) is 3.09. The van der Waals surface area contributed by atoms with E-state index in [1.165, 1.54) is 7.11 Å². The van der Waals surface area contributed by atoms with E-state index in [-0.39, 0.29) is 5.91 Å². The van der Waals surface area contributed by atoms with Gasteiger partial charge in [-0.2, -0.15) is 0 Å². The molecular formula is C19H21BrN2O4. The molecule has 138 valence electrons. The summed E-state index contributed by atoms with van der Waals surface area (Å²) in [5.41, 5.74) is 7.57. The number of benzene rings is 2. The topological polar surface area (TPSA) is 76.7 Å². The van der Waals surface area contributed by atoms with Crippen molar-refractivity contribution < 1.29 is 19.1 Å². The molecule has 0 unspecified atom stereocenters. The van der Waals surface area contributed by atoms with Crippen LogP contribution in [-0.4, -0.2) is 25.5 Å². The van der Waals surface area contributed by atoms with E-state index in [1.54, 1.807) is 18.2 Å². The molecule has 2 aromatic carbocycles. The highest BCUT2D eigenvalue weighted by Gasteiger charge is 2.16. The van der Waals surface area contributed by atoms with Crippen LogP contribution < -0.4 is 20.3 Å². The van der Waals surface area contributed by atoms with Gasteiger partial charge in [-0.25, -0.2) is 0 Å².